The number of hydrogen-bond acceptors (Lipinski definition) is 3. The molecule has 20 heavy (non-hydrogen) atoms. The van der Waals surface area contributed by atoms with Crippen LogP contribution in [0.2, 0.25) is 0 Å². The molecular weight excluding hydrogens is 266 g/mol. The molecule has 1 aliphatic heterocycles. The van der Waals surface area contributed by atoms with E-state index in [1.54, 1.807) is 0 Å². The Morgan fingerprint density at radius 3 is 2.45 bits per heavy atom. The van der Waals surface area contributed by atoms with Gasteiger partial charge in [-0.15, -0.1) is 0 Å². The zero-order valence-corrected chi connectivity index (χ0v) is 11.6. The first kappa shape index (κ1) is 14.6. The lowest BCUT2D eigenvalue weighted by Crippen LogP contribution is -2.43. The Balaban J connectivity index is 2.25. The fourth-order valence-corrected chi connectivity index (χ4v) is 2.11. The Labute approximate surface area is 115 Å². The highest BCUT2D eigenvalue weighted by Gasteiger charge is 2.38. The van der Waals surface area contributed by atoms with Gasteiger partial charge in [-0.3, -0.25) is 9.59 Å². The number of Topliss-reactive ketones (excluding diaryl/α,β-unsaturated/α-hetero) is 1. The quantitative estimate of drug-likeness (QED) is 0.861. The van der Waals surface area contributed by atoms with Crippen LogP contribution in [0.5, 0.6) is 0 Å². The molecule has 0 aromatic heterocycles. The van der Waals surface area contributed by atoms with Crippen LogP contribution in [0.3, 0.4) is 0 Å². The van der Waals surface area contributed by atoms with Crippen molar-refractivity contribution >= 4 is 17.4 Å². The average Bonchev–Trinajstić information content (AvgIpc) is 2.53. The van der Waals surface area contributed by atoms with Crippen molar-refractivity contribution in [3.8, 4) is 0 Å². The number of halogens is 2. The summed E-state index contributed by atoms with van der Waals surface area (Å²) in [4.78, 5) is 24.6. The number of anilines is 1. The molecule has 1 amide bonds. The molecule has 0 aliphatic carbocycles. The Morgan fingerprint density at radius 2 is 1.85 bits per heavy atom. The third-order valence-electron chi connectivity index (χ3n) is 2.97. The molecule has 0 saturated heterocycles. The maximum Gasteiger partial charge on any atom is 0.299 e. The van der Waals surface area contributed by atoms with Crippen LogP contribution in [-0.2, 0) is 4.79 Å². The van der Waals surface area contributed by atoms with Crippen molar-refractivity contribution in [2.24, 2.45) is 0 Å². The lowest BCUT2D eigenvalue weighted by molar-refractivity contribution is -0.114. The van der Waals surface area contributed by atoms with Crippen molar-refractivity contribution in [3.05, 3.63) is 29.3 Å². The number of fused-ring (bicyclic) bond motifs is 1. The second-order valence-corrected chi connectivity index (χ2v) is 5.75. The molecule has 1 aliphatic rings. The van der Waals surface area contributed by atoms with Gasteiger partial charge in [-0.1, -0.05) is 0 Å². The van der Waals surface area contributed by atoms with Crippen LogP contribution >= 0.6 is 0 Å². The van der Waals surface area contributed by atoms with E-state index in [4.69, 9.17) is 0 Å². The van der Waals surface area contributed by atoms with E-state index >= 15 is 0 Å². The Bertz CT molecular complexity index is 579. The van der Waals surface area contributed by atoms with E-state index in [0.29, 0.717) is 12.6 Å². The van der Waals surface area contributed by atoms with Gasteiger partial charge < -0.3 is 10.2 Å². The normalized spacial score (nSPS) is 14.9. The number of carbonyl (C=O) groups excluding carboxylic acids is 2. The molecule has 0 bridgehead atoms. The van der Waals surface area contributed by atoms with E-state index in [9.17, 15) is 18.4 Å². The molecule has 1 N–H and O–H groups in total. The molecule has 0 spiro atoms. The highest BCUT2D eigenvalue weighted by Crippen LogP contribution is 2.32. The van der Waals surface area contributed by atoms with Crippen LogP contribution in [0.1, 0.15) is 31.1 Å². The lowest BCUT2D eigenvalue weighted by atomic mass is 10.1. The summed E-state index contributed by atoms with van der Waals surface area (Å²) in [5.41, 5.74) is -0.489. The minimum Gasteiger partial charge on any atom is -0.310 e. The van der Waals surface area contributed by atoms with Crippen LogP contribution in [0.4, 0.5) is 14.5 Å². The summed E-state index contributed by atoms with van der Waals surface area (Å²) < 4.78 is 26.9. The minimum absolute atomic E-state index is 0.128. The van der Waals surface area contributed by atoms with Crippen LogP contribution in [0.15, 0.2) is 12.1 Å². The average molecular weight is 282 g/mol. The number of carbonyl (C=O) groups is 2. The Hall–Kier alpha value is -1.82. The molecule has 6 heteroatoms. The largest absolute Gasteiger partial charge is 0.310 e. The number of benzene rings is 1. The molecule has 0 atom stereocenters. The third-order valence-corrected chi connectivity index (χ3v) is 2.97. The first-order valence-corrected chi connectivity index (χ1v) is 6.31. The molecule has 0 radical (unpaired) electrons. The Morgan fingerprint density at radius 1 is 1.20 bits per heavy atom. The summed E-state index contributed by atoms with van der Waals surface area (Å²) in [6.45, 7) is 6.41. The molecular formula is C14H16F2N2O2. The van der Waals surface area contributed by atoms with Gasteiger partial charge in [0.25, 0.3) is 11.7 Å². The van der Waals surface area contributed by atoms with E-state index in [2.05, 4.69) is 5.32 Å². The van der Waals surface area contributed by atoms with Gasteiger partial charge >= 0.3 is 0 Å². The highest BCUT2D eigenvalue weighted by molar-refractivity contribution is 6.52. The minimum atomic E-state index is -0.894. The molecule has 0 unspecified atom stereocenters. The number of rotatable bonds is 3. The number of nitrogens with zero attached hydrogens (tertiary/aromatic N) is 1. The molecule has 108 valence electrons. The van der Waals surface area contributed by atoms with Gasteiger partial charge in [0.05, 0.1) is 11.3 Å². The zero-order valence-electron chi connectivity index (χ0n) is 11.6. The van der Waals surface area contributed by atoms with Crippen molar-refractivity contribution in [2.75, 3.05) is 18.0 Å². The molecule has 4 nitrogen and oxygen atoms in total. The molecule has 1 aromatic rings. The van der Waals surface area contributed by atoms with E-state index in [1.165, 1.54) is 0 Å². The van der Waals surface area contributed by atoms with Gasteiger partial charge in [0, 0.05) is 24.7 Å². The summed E-state index contributed by atoms with van der Waals surface area (Å²) in [6, 6.07) is 1.57. The molecule has 2 rings (SSSR count). The van der Waals surface area contributed by atoms with E-state index in [1.807, 2.05) is 20.8 Å². The standard InChI is InChI=1S/C14H16F2N2O2/c1-14(2,3)17-4-5-18-11-9(12(19)13(18)20)6-8(15)7-10(11)16/h6-7,17H,4-5H2,1-3H3. The maximum absolute atomic E-state index is 13.8. The van der Waals surface area contributed by atoms with Gasteiger partial charge in [-0.05, 0) is 26.8 Å². The van der Waals surface area contributed by atoms with E-state index in [-0.39, 0.29) is 23.3 Å². The molecule has 1 aromatic carbocycles. The van der Waals surface area contributed by atoms with Crippen LogP contribution in [0, 0.1) is 11.6 Å². The van der Waals surface area contributed by atoms with E-state index < -0.39 is 23.3 Å². The topological polar surface area (TPSA) is 49.4 Å². The summed E-state index contributed by atoms with van der Waals surface area (Å²) >= 11 is 0. The maximum atomic E-state index is 13.8. The second kappa shape index (κ2) is 4.94. The van der Waals surface area contributed by atoms with Crippen molar-refractivity contribution in [3.63, 3.8) is 0 Å². The number of ketones is 1. The van der Waals surface area contributed by atoms with Crippen molar-refractivity contribution in [1.29, 1.82) is 0 Å². The summed E-state index contributed by atoms with van der Waals surface area (Å²) in [5, 5.41) is 3.14. The first-order valence-electron chi connectivity index (χ1n) is 6.31. The number of hydrogen-bond donors (Lipinski definition) is 1. The highest BCUT2D eigenvalue weighted by atomic mass is 19.1. The van der Waals surface area contributed by atoms with Gasteiger partial charge in [0.1, 0.15) is 5.82 Å². The van der Waals surface area contributed by atoms with Gasteiger partial charge in [0.15, 0.2) is 5.82 Å². The van der Waals surface area contributed by atoms with E-state index in [0.717, 1.165) is 11.0 Å². The predicted octanol–water partition coefficient (Wildman–Crippen LogP) is 1.88. The van der Waals surface area contributed by atoms with Gasteiger partial charge in [-0.2, -0.15) is 0 Å². The first-order chi connectivity index (χ1) is 9.20. The Kier molecular flexibility index (Phi) is 3.60. The SMILES string of the molecule is CC(C)(C)NCCN1C(=O)C(=O)c2cc(F)cc(F)c21. The second-order valence-electron chi connectivity index (χ2n) is 5.75. The molecule has 1 heterocycles. The smallest absolute Gasteiger partial charge is 0.299 e. The summed E-state index contributed by atoms with van der Waals surface area (Å²) in [6.07, 6.45) is 0. The van der Waals surface area contributed by atoms with Crippen LogP contribution in [0.25, 0.3) is 0 Å². The van der Waals surface area contributed by atoms with Crippen molar-refractivity contribution in [2.45, 2.75) is 26.3 Å². The predicted molar refractivity (Wildman–Crippen MR) is 70.8 cm³/mol. The van der Waals surface area contributed by atoms with Gasteiger partial charge in [0.2, 0.25) is 0 Å². The van der Waals surface area contributed by atoms with Crippen LogP contribution in [-0.4, -0.2) is 30.3 Å². The molecule has 0 fully saturated rings. The lowest BCUT2D eigenvalue weighted by Gasteiger charge is -2.23. The third kappa shape index (κ3) is 2.70. The fraction of sp³-hybridized carbons (Fsp3) is 0.429. The number of amides is 1. The van der Waals surface area contributed by atoms with Gasteiger partial charge in [-0.25, -0.2) is 8.78 Å². The van der Waals surface area contributed by atoms with Crippen molar-refractivity contribution < 1.29 is 18.4 Å². The zero-order chi connectivity index (χ0) is 15.1. The van der Waals surface area contributed by atoms with Crippen molar-refractivity contribution in [1.82, 2.24) is 5.32 Å². The number of nitrogens with one attached hydrogen (secondary N) is 1. The molecule has 0 saturated carbocycles. The monoisotopic (exact) mass is 282 g/mol. The summed E-state index contributed by atoms with van der Waals surface area (Å²) in [7, 11) is 0. The fourth-order valence-electron chi connectivity index (χ4n) is 2.11. The van der Waals surface area contributed by atoms with Crippen LogP contribution < -0.4 is 10.2 Å². The summed E-state index contributed by atoms with van der Waals surface area (Å²) in [5.74, 6) is -3.44.